The Labute approximate surface area is 93.4 Å². The summed E-state index contributed by atoms with van der Waals surface area (Å²) in [5.74, 6) is 2.24. The lowest BCUT2D eigenvalue weighted by Crippen LogP contribution is -2.27. The van der Waals surface area contributed by atoms with Crippen LogP contribution in [0.3, 0.4) is 0 Å². The first kappa shape index (κ1) is 12.7. The summed E-state index contributed by atoms with van der Waals surface area (Å²) in [6.45, 7) is 7.86. The molecule has 2 heteroatoms. The predicted molar refractivity (Wildman–Crippen MR) is 61.8 cm³/mol. The van der Waals surface area contributed by atoms with Crippen LogP contribution in [-0.4, -0.2) is 19.0 Å². The van der Waals surface area contributed by atoms with Gasteiger partial charge >= 0.3 is 0 Å². The van der Waals surface area contributed by atoms with Gasteiger partial charge in [0.1, 0.15) is 5.78 Å². The van der Waals surface area contributed by atoms with E-state index in [0.717, 1.165) is 18.8 Å². The van der Waals surface area contributed by atoms with E-state index in [9.17, 15) is 4.79 Å². The van der Waals surface area contributed by atoms with Crippen LogP contribution in [-0.2, 0) is 9.53 Å². The largest absolute Gasteiger partial charge is 0.381 e. The first-order valence-corrected chi connectivity index (χ1v) is 6.25. The molecule has 0 N–H and O–H groups in total. The topological polar surface area (TPSA) is 26.3 Å². The molecule has 0 aromatic rings. The molecule has 1 rings (SSSR count). The Morgan fingerprint density at radius 3 is 2.60 bits per heavy atom. The van der Waals surface area contributed by atoms with Gasteiger partial charge in [-0.3, -0.25) is 4.79 Å². The first-order valence-electron chi connectivity index (χ1n) is 6.25. The van der Waals surface area contributed by atoms with E-state index in [-0.39, 0.29) is 0 Å². The number of rotatable bonds is 5. The molecule has 1 fully saturated rings. The Hall–Kier alpha value is -0.370. The van der Waals surface area contributed by atoms with Crippen LogP contribution in [0.25, 0.3) is 0 Å². The van der Waals surface area contributed by atoms with Crippen molar-refractivity contribution in [2.24, 2.45) is 17.8 Å². The lowest BCUT2D eigenvalue weighted by molar-refractivity contribution is -0.125. The summed E-state index contributed by atoms with van der Waals surface area (Å²) in [5.41, 5.74) is 0. The number of hydrogen-bond donors (Lipinski definition) is 0. The average molecular weight is 212 g/mol. The molecule has 2 nitrogen and oxygen atoms in total. The summed E-state index contributed by atoms with van der Waals surface area (Å²) < 4.78 is 5.22. The molecule has 1 saturated carbocycles. The quantitative estimate of drug-likeness (QED) is 0.655. The van der Waals surface area contributed by atoms with E-state index in [4.69, 9.17) is 4.74 Å². The van der Waals surface area contributed by atoms with E-state index < -0.39 is 0 Å². The molecule has 3 atom stereocenters. The summed E-state index contributed by atoms with van der Waals surface area (Å²) in [5, 5.41) is 0. The third-order valence-electron chi connectivity index (χ3n) is 3.75. The van der Waals surface area contributed by atoms with E-state index in [2.05, 4.69) is 13.8 Å². The number of carbonyl (C=O) groups is 1. The summed E-state index contributed by atoms with van der Waals surface area (Å²) in [7, 11) is 0. The number of carbonyl (C=O) groups excluding carboxylic acids is 1. The highest BCUT2D eigenvalue weighted by atomic mass is 16.5. The van der Waals surface area contributed by atoms with Gasteiger partial charge in [0.2, 0.25) is 0 Å². The fourth-order valence-corrected chi connectivity index (χ4v) is 2.36. The zero-order valence-electron chi connectivity index (χ0n) is 10.3. The van der Waals surface area contributed by atoms with Gasteiger partial charge < -0.3 is 4.74 Å². The Bertz CT molecular complexity index is 201. The van der Waals surface area contributed by atoms with Gasteiger partial charge in [-0.2, -0.15) is 0 Å². The van der Waals surface area contributed by atoms with Crippen molar-refractivity contribution in [2.75, 3.05) is 13.2 Å². The van der Waals surface area contributed by atoms with Gasteiger partial charge in [0.25, 0.3) is 0 Å². The van der Waals surface area contributed by atoms with Crippen molar-refractivity contribution in [1.29, 1.82) is 0 Å². The fourth-order valence-electron chi connectivity index (χ4n) is 2.36. The molecule has 88 valence electrons. The molecule has 1 aliphatic rings. The second-order valence-electron chi connectivity index (χ2n) is 4.88. The van der Waals surface area contributed by atoms with Crippen molar-refractivity contribution in [2.45, 2.75) is 46.5 Å². The monoisotopic (exact) mass is 212 g/mol. The molecule has 0 saturated heterocycles. The van der Waals surface area contributed by atoms with Gasteiger partial charge in [0, 0.05) is 18.9 Å². The van der Waals surface area contributed by atoms with Crippen LogP contribution in [0.2, 0.25) is 0 Å². The summed E-state index contributed by atoms with van der Waals surface area (Å²) in [4.78, 5) is 11.8. The van der Waals surface area contributed by atoms with E-state index in [1.807, 2.05) is 6.92 Å². The molecule has 0 radical (unpaired) electrons. The van der Waals surface area contributed by atoms with Crippen LogP contribution in [0.4, 0.5) is 0 Å². The molecular formula is C13H24O2. The Balaban J connectivity index is 2.28. The second-order valence-corrected chi connectivity index (χ2v) is 4.88. The molecular weight excluding hydrogens is 188 g/mol. The van der Waals surface area contributed by atoms with Crippen molar-refractivity contribution >= 4 is 5.78 Å². The third-order valence-corrected chi connectivity index (χ3v) is 3.75. The van der Waals surface area contributed by atoms with Crippen molar-refractivity contribution in [3.63, 3.8) is 0 Å². The number of ether oxygens (including phenoxy) is 1. The van der Waals surface area contributed by atoms with E-state index in [1.165, 1.54) is 6.42 Å². The molecule has 1 aliphatic carbocycles. The van der Waals surface area contributed by atoms with Crippen LogP contribution < -0.4 is 0 Å². The van der Waals surface area contributed by atoms with Crippen molar-refractivity contribution < 1.29 is 9.53 Å². The molecule has 0 heterocycles. The maximum absolute atomic E-state index is 11.8. The SMILES string of the molecule is CCOCCC(=O)C1CCC(C)C(C)C1. The zero-order chi connectivity index (χ0) is 11.3. The summed E-state index contributed by atoms with van der Waals surface area (Å²) >= 11 is 0. The number of hydrogen-bond acceptors (Lipinski definition) is 2. The maximum atomic E-state index is 11.8. The standard InChI is InChI=1S/C13H24O2/c1-4-15-8-7-13(14)12-6-5-10(2)11(3)9-12/h10-12H,4-9H2,1-3H3. The molecule has 0 spiro atoms. The number of ketones is 1. The molecule has 0 aliphatic heterocycles. The highest BCUT2D eigenvalue weighted by Crippen LogP contribution is 2.34. The van der Waals surface area contributed by atoms with Crippen LogP contribution in [0.1, 0.15) is 46.5 Å². The molecule has 3 unspecified atom stereocenters. The minimum atomic E-state index is 0.316. The minimum Gasteiger partial charge on any atom is -0.381 e. The lowest BCUT2D eigenvalue weighted by atomic mass is 9.74. The van der Waals surface area contributed by atoms with E-state index >= 15 is 0 Å². The normalized spacial score (nSPS) is 31.5. The highest BCUT2D eigenvalue weighted by molar-refractivity contribution is 5.81. The fraction of sp³-hybridized carbons (Fsp3) is 0.923. The first-order chi connectivity index (χ1) is 7.15. The molecule has 15 heavy (non-hydrogen) atoms. The van der Waals surface area contributed by atoms with Gasteiger partial charge in [-0.1, -0.05) is 13.8 Å². The Kier molecular flexibility index (Phi) is 5.30. The van der Waals surface area contributed by atoms with E-state index in [1.54, 1.807) is 0 Å². The van der Waals surface area contributed by atoms with Crippen LogP contribution >= 0.6 is 0 Å². The lowest BCUT2D eigenvalue weighted by Gasteiger charge is -2.31. The summed E-state index contributed by atoms with van der Waals surface area (Å²) in [6, 6.07) is 0. The molecule has 0 amide bonds. The maximum Gasteiger partial charge on any atom is 0.138 e. The van der Waals surface area contributed by atoms with Crippen LogP contribution in [0.15, 0.2) is 0 Å². The van der Waals surface area contributed by atoms with E-state index in [0.29, 0.717) is 37.3 Å². The minimum absolute atomic E-state index is 0.316. The van der Waals surface area contributed by atoms with Crippen LogP contribution in [0.5, 0.6) is 0 Å². The highest BCUT2D eigenvalue weighted by Gasteiger charge is 2.28. The van der Waals surface area contributed by atoms with Crippen molar-refractivity contribution in [3.8, 4) is 0 Å². The molecule has 0 bridgehead atoms. The van der Waals surface area contributed by atoms with Gasteiger partial charge in [-0.15, -0.1) is 0 Å². The third kappa shape index (κ3) is 3.94. The number of Topliss-reactive ketones (excluding diaryl/α,β-unsaturated/α-hetero) is 1. The van der Waals surface area contributed by atoms with Crippen LogP contribution in [0, 0.1) is 17.8 Å². The molecule has 0 aromatic heterocycles. The van der Waals surface area contributed by atoms with Gasteiger partial charge in [-0.05, 0) is 38.0 Å². The molecule has 0 aromatic carbocycles. The second kappa shape index (κ2) is 6.26. The van der Waals surface area contributed by atoms with Crippen molar-refractivity contribution in [3.05, 3.63) is 0 Å². The van der Waals surface area contributed by atoms with Gasteiger partial charge in [-0.25, -0.2) is 0 Å². The Morgan fingerprint density at radius 2 is 2.00 bits per heavy atom. The smallest absolute Gasteiger partial charge is 0.138 e. The van der Waals surface area contributed by atoms with Gasteiger partial charge in [0.05, 0.1) is 6.61 Å². The van der Waals surface area contributed by atoms with Gasteiger partial charge in [0.15, 0.2) is 0 Å². The average Bonchev–Trinajstić information content (AvgIpc) is 2.22. The Morgan fingerprint density at radius 1 is 1.27 bits per heavy atom. The predicted octanol–water partition coefficient (Wildman–Crippen LogP) is 3.05. The van der Waals surface area contributed by atoms with Crippen molar-refractivity contribution in [1.82, 2.24) is 0 Å². The summed E-state index contributed by atoms with van der Waals surface area (Å²) in [6.07, 6.45) is 4.01. The zero-order valence-corrected chi connectivity index (χ0v) is 10.3.